The zero-order valence-corrected chi connectivity index (χ0v) is 18.1. The summed E-state index contributed by atoms with van der Waals surface area (Å²) >= 11 is 6.35. The molecule has 2 N–H and O–H groups in total. The molecule has 30 heavy (non-hydrogen) atoms. The normalized spacial score (nSPS) is 22.4. The second-order valence-electron chi connectivity index (χ2n) is 6.87. The third kappa shape index (κ3) is 3.87. The van der Waals surface area contributed by atoms with Crippen molar-refractivity contribution in [3.05, 3.63) is 45.2 Å². The predicted molar refractivity (Wildman–Crippen MR) is 119 cm³/mol. The predicted octanol–water partition coefficient (Wildman–Crippen LogP) is 0.487. The van der Waals surface area contributed by atoms with Crippen LogP contribution in [0.4, 0.5) is 5.82 Å². The number of aliphatic hydroxyl groups is 1. The Hall–Kier alpha value is -2.28. The Morgan fingerprint density at radius 3 is 2.87 bits per heavy atom. The minimum atomic E-state index is -3.18. The summed E-state index contributed by atoms with van der Waals surface area (Å²) in [6.07, 6.45) is 3.34. The van der Waals surface area contributed by atoms with Crippen LogP contribution in [0.1, 0.15) is 12.0 Å². The van der Waals surface area contributed by atoms with E-state index >= 15 is 0 Å². The van der Waals surface area contributed by atoms with E-state index in [2.05, 4.69) is 10.3 Å². The molecule has 2 fully saturated rings. The molecular formula is C18H18N4O5S3. The maximum absolute atomic E-state index is 13.0. The smallest absolute Gasteiger partial charge is 0.267 e. The molecule has 2 saturated heterocycles. The van der Waals surface area contributed by atoms with Gasteiger partial charge in [0.2, 0.25) is 0 Å². The highest BCUT2D eigenvalue weighted by atomic mass is 32.2. The number of sulfone groups is 1. The molecule has 9 nitrogen and oxygen atoms in total. The van der Waals surface area contributed by atoms with Gasteiger partial charge in [-0.25, -0.2) is 13.4 Å². The van der Waals surface area contributed by atoms with Crippen LogP contribution in [0.5, 0.6) is 0 Å². The summed E-state index contributed by atoms with van der Waals surface area (Å²) in [4.78, 5) is 32.0. The first kappa shape index (κ1) is 21.0. The van der Waals surface area contributed by atoms with Gasteiger partial charge in [-0.3, -0.25) is 18.9 Å². The lowest BCUT2D eigenvalue weighted by molar-refractivity contribution is -0.123. The zero-order valence-electron chi connectivity index (χ0n) is 15.6. The van der Waals surface area contributed by atoms with Crippen molar-refractivity contribution in [3.8, 4) is 0 Å². The third-order valence-electron chi connectivity index (χ3n) is 4.85. The summed E-state index contributed by atoms with van der Waals surface area (Å²) in [5.74, 6) is -0.262. The minimum Gasteiger partial charge on any atom is -0.395 e. The molecule has 0 unspecified atom stereocenters. The number of hydrogen-bond donors (Lipinski definition) is 2. The van der Waals surface area contributed by atoms with Gasteiger partial charge < -0.3 is 10.4 Å². The monoisotopic (exact) mass is 466 g/mol. The fourth-order valence-corrected chi connectivity index (χ4v) is 6.53. The molecule has 0 radical (unpaired) electrons. The number of thiocarbonyl (C=S) groups is 1. The van der Waals surface area contributed by atoms with Crippen molar-refractivity contribution in [3.63, 3.8) is 0 Å². The van der Waals surface area contributed by atoms with Gasteiger partial charge in [-0.15, -0.1) is 0 Å². The maximum Gasteiger partial charge on any atom is 0.267 e. The van der Waals surface area contributed by atoms with Crippen molar-refractivity contribution < 1.29 is 18.3 Å². The summed E-state index contributed by atoms with van der Waals surface area (Å²) in [5, 5.41) is 12.0. The van der Waals surface area contributed by atoms with E-state index in [1.165, 1.54) is 15.4 Å². The van der Waals surface area contributed by atoms with Crippen LogP contribution in [-0.2, 0) is 14.6 Å². The van der Waals surface area contributed by atoms with Gasteiger partial charge in [-0.05, 0) is 24.6 Å². The number of thioether (sulfide) groups is 1. The SMILES string of the molecule is O=C1/C(=C/c2c(NCCO)nc3ccccn3c2=O)SC(=S)N1[C@@H]1CCS(=O)(=O)C1. The highest BCUT2D eigenvalue weighted by Gasteiger charge is 2.42. The maximum atomic E-state index is 13.0. The van der Waals surface area contributed by atoms with Crippen molar-refractivity contribution in [2.45, 2.75) is 12.5 Å². The number of nitrogens with zero attached hydrogens (tertiary/aromatic N) is 3. The largest absolute Gasteiger partial charge is 0.395 e. The molecule has 0 spiro atoms. The van der Waals surface area contributed by atoms with Crippen LogP contribution in [0.15, 0.2) is 34.1 Å². The Balaban J connectivity index is 1.75. The lowest BCUT2D eigenvalue weighted by atomic mass is 10.2. The van der Waals surface area contributed by atoms with E-state index in [9.17, 15) is 18.0 Å². The van der Waals surface area contributed by atoms with Crippen LogP contribution < -0.4 is 10.9 Å². The molecule has 4 heterocycles. The molecule has 2 aromatic rings. The van der Waals surface area contributed by atoms with E-state index in [1.54, 1.807) is 24.4 Å². The van der Waals surface area contributed by atoms with Crippen molar-refractivity contribution in [2.24, 2.45) is 0 Å². The number of hydrogen-bond acceptors (Lipinski definition) is 9. The quantitative estimate of drug-likeness (QED) is 0.479. The van der Waals surface area contributed by atoms with Gasteiger partial charge in [-0.1, -0.05) is 30.0 Å². The van der Waals surface area contributed by atoms with Crippen molar-refractivity contribution >= 4 is 61.6 Å². The minimum absolute atomic E-state index is 0.0267. The first-order chi connectivity index (χ1) is 14.3. The van der Waals surface area contributed by atoms with Crippen LogP contribution in [0.3, 0.4) is 0 Å². The molecule has 1 amide bonds. The van der Waals surface area contributed by atoms with Crippen LogP contribution in [-0.4, -0.2) is 68.7 Å². The topological polar surface area (TPSA) is 121 Å². The molecular weight excluding hydrogens is 448 g/mol. The molecule has 2 aromatic heterocycles. The average Bonchev–Trinajstić information content (AvgIpc) is 3.20. The van der Waals surface area contributed by atoms with E-state index in [-0.39, 0.29) is 50.8 Å². The number of carbonyl (C=O) groups is 1. The van der Waals surface area contributed by atoms with E-state index < -0.39 is 21.8 Å². The van der Waals surface area contributed by atoms with Crippen LogP contribution in [0, 0.1) is 0 Å². The van der Waals surface area contributed by atoms with E-state index in [4.69, 9.17) is 17.3 Å². The third-order valence-corrected chi connectivity index (χ3v) is 7.93. The van der Waals surface area contributed by atoms with Gasteiger partial charge in [0.1, 0.15) is 15.8 Å². The van der Waals surface area contributed by atoms with Gasteiger partial charge in [0.05, 0.1) is 34.6 Å². The van der Waals surface area contributed by atoms with Crippen LogP contribution in [0.25, 0.3) is 11.7 Å². The molecule has 0 aliphatic carbocycles. The number of anilines is 1. The van der Waals surface area contributed by atoms with Crippen molar-refractivity contribution in [1.82, 2.24) is 14.3 Å². The molecule has 158 valence electrons. The molecule has 0 aromatic carbocycles. The number of pyridine rings is 1. The van der Waals surface area contributed by atoms with Crippen LogP contribution >= 0.6 is 24.0 Å². The van der Waals surface area contributed by atoms with Crippen molar-refractivity contribution in [2.75, 3.05) is 30.0 Å². The lowest BCUT2D eigenvalue weighted by Gasteiger charge is -2.20. The van der Waals surface area contributed by atoms with Gasteiger partial charge in [-0.2, -0.15) is 0 Å². The number of nitrogens with one attached hydrogen (secondary N) is 1. The number of amides is 1. The van der Waals surface area contributed by atoms with Gasteiger partial charge >= 0.3 is 0 Å². The van der Waals surface area contributed by atoms with E-state index in [0.29, 0.717) is 12.1 Å². The molecule has 12 heteroatoms. The summed E-state index contributed by atoms with van der Waals surface area (Å²) in [6, 6.07) is 4.63. The standard InChI is InChI=1S/C18H18N4O5S3/c23-7-5-19-15-12(16(24)21-6-2-1-3-14(21)20-15)9-13-17(25)22(18(28)29-13)11-4-8-30(26,27)10-11/h1-3,6,9,11,19,23H,4-5,7-8,10H2/b13-9-/t11-/m1/s1. The van der Waals surface area contributed by atoms with Crippen LogP contribution in [0.2, 0.25) is 0 Å². The van der Waals surface area contributed by atoms with Crippen molar-refractivity contribution in [1.29, 1.82) is 0 Å². The summed E-state index contributed by atoms with van der Waals surface area (Å²) in [7, 11) is -3.18. The number of carbonyl (C=O) groups excluding carboxylic acids is 1. The van der Waals surface area contributed by atoms with Gasteiger partial charge in [0, 0.05) is 12.7 Å². The molecule has 0 saturated carbocycles. The lowest BCUT2D eigenvalue weighted by Crippen LogP contribution is -2.39. The van der Waals surface area contributed by atoms with Gasteiger partial charge in [0.25, 0.3) is 11.5 Å². The average molecular weight is 467 g/mol. The Morgan fingerprint density at radius 2 is 2.17 bits per heavy atom. The first-order valence-corrected chi connectivity index (χ1v) is 12.2. The Morgan fingerprint density at radius 1 is 1.37 bits per heavy atom. The second-order valence-corrected chi connectivity index (χ2v) is 10.8. The zero-order chi connectivity index (χ0) is 21.5. The highest BCUT2D eigenvalue weighted by molar-refractivity contribution is 8.26. The summed E-state index contributed by atoms with van der Waals surface area (Å²) in [5.41, 5.74) is 0.199. The second kappa shape index (κ2) is 8.10. The molecule has 0 bridgehead atoms. The van der Waals surface area contributed by atoms with E-state index in [1.807, 2.05) is 0 Å². The fourth-order valence-electron chi connectivity index (χ4n) is 3.45. The highest BCUT2D eigenvalue weighted by Crippen LogP contribution is 2.36. The number of fused-ring (bicyclic) bond motifs is 1. The number of aromatic nitrogens is 2. The molecule has 1 atom stereocenters. The molecule has 4 rings (SSSR count). The first-order valence-electron chi connectivity index (χ1n) is 9.14. The van der Waals surface area contributed by atoms with Gasteiger partial charge in [0.15, 0.2) is 9.84 Å². The molecule has 2 aliphatic heterocycles. The fraction of sp³-hybridized carbons (Fsp3) is 0.333. The number of aliphatic hydroxyl groups excluding tert-OH is 1. The Kier molecular flexibility index (Phi) is 5.66. The number of rotatable bonds is 5. The molecule has 2 aliphatic rings. The Bertz CT molecular complexity index is 1240. The summed E-state index contributed by atoms with van der Waals surface area (Å²) in [6.45, 7) is 0.0186. The van der Waals surface area contributed by atoms with E-state index in [0.717, 1.165) is 11.8 Å². The Labute approximate surface area is 181 Å². The summed E-state index contributed by atoms with van der Waals surface area (Å²) < 4.78 is 25.3.